The number of hydrogen-bond donors (Lipinski definition) is 1. The van der Waals surface area contributed by atoms with Crippen LogP contribution in [0.3, 0.4) is 0 Å². The first-order chi connectivity index (χ1) is 8.81. The lowest BCUT2D eigenvalue weighted by atomic mass is 10.2. The van der Waals surface area contributed by atoms with E-state index in [-0.39, 0.29) is 12.6 Å². The number of rotatable bonds is 10. The lowest BCUT2D eigenvalue weighted by Crippen LogP contribution is -1.98. The molecular weight excluding hydrogens is 228 g/mol. The highest BCUT2D eigenvalue weighted by molar-refractivity contribution is 5.68. The third-order valence-corrected chi connectivity index (χ3v) is 2.38. The van der Waals surface area contributed by atoms with Gasteiger partial charge in [0.05, 0.1) is 13.7 Å². The lowest BCUT2D eigenvalue weighted by molar-refractivity contribution is -0.140. The lowest BCUT2D eigenvalue weighted by Gasteiger charge is -1.96. The minimum Gasteiger partial charge on any atom is -0.469 e. The molecule has 1 N–H and O–H groups in total. The molecular formula is C15H24O3. The second-order valence-corrected chi connectivity index (χ2v) is 3.89. The van der Waals surface area contributed by atoms with Crippen LogP contribution in [0, 0.1) is 0 Å². The maximum Gasteiger partial charge on any atom is 0.305 e. The van der Waals surface area contributed by atoms with Crippen LogP contribution in [-0.2, 0) is 9.53 Å². The van der Waals surface area contributed by atoms with Crippen molar-refractivity contribution >= 4 is 5.97 Å². The van der Waals surface area contributed by atoms with Crippen LogP contribution in [0.2, 0.25) is 0 Å². The summed E-state index contributed by atoms with van der Waals surface area (Å²) in [6, 6.07) is 0. The first kappa shape index (κ1) is 16.6. The van der Waals surface area contributed by atoms with E-state index < -0.39 is 0 Å². The van der Waals surface area contributed by atoms with Gasteiger partial charge >= 0.3 is 5.97 Å². The standard InChI is InChI=1S/C15H24O3/c1-18-15(17)13-11-9-7-5-3-2-4-6-8-10-12-14-16/h3-6,10,12,16H,2,7-9,11,13-14H2,1H3/b5-3-,6-4-,12-10-. The third-order valence-electron chi connectivity index (χ3n) is 2.38. The number of hydrogen-bond acceptors (Lipinski definition) is 3. The summed E-state index contributed by atoms with van der Waals surface area (Å²) < 4.78 is 4.56. The Morgan fingerprint density at radius 2 is 1.61 bits per heavy atom. The number of allylic oxidation sites excluding steroid dienone is 5. The first-order valence-electron chi connectivity index (χ1n) is 6.44. The molecule has 0 radical (unpaired) electrons. The summed E-state index contributed by atoms with van der Waals surface area (Å²) in [5.74, 6) is -0.127. The smallest absolute Gasteiger partial charge is 0.305 e. The summed E-state index contributed by atoms with van der Waals surface area (Å²) >= 11 is 0. The summed E-state index contributed by atoms with van der Waals surface area (Å²) in [4.78, 5) is 10.8. The maximum atomic E-state index is 10.8. The van der Waals surface area contributed by atoms with E-state index in [9.17, 15) is 4.79 Å². The van der Waals surface area contributed by atoms with Crippen molar-refractivity contribution in [3.8, 4) is 0 Å². The Morgan fingerprint density at radius 1 is 1.00 bits per heavy atom. The van der Waals surface area contributed by atoms with Gasteiger partial charge in [-0.2, -0.15) is 0 Å². The third kappa shape index (κ3) is 12.7. The van der Waals surface area contributed by atoms with Gasteiger partial charge < -0.3 is 9.84 Å². The van der Waals surface area contributed by atoms with E-state index in [1.54, 1.807) is 6.08 Å². The van der Waals surface area contributed by atoms with Crippen molar-refractivity contribution in [1.82, 2.24) is 0 Å². The molecule has 0 aromatic heterocycles. The van der Waals surface area contributed by atoms with E-state index >= 15 is 0 Å². The monoisotopic (exact) mass is 252 g/mol. The minimum absolute atomic E-state index is 0.110. The van der Waals surface area contributed by atoms with Gasteiger partial charge in [-0.3, -0.25) is 4.79 Å². The molecule has 0 saturated heterocycles. The number of methoxy groups -OCH3 is 1. The summed E-state index contributed by atoms with van der Waals surface area (Å²) in [6.45, 7) is 0.110. The van der Waals surface area contributed by atoms with E-state index in [0.717, 1.165) is 32.1 Å². The van der Waals surface area contributed by atoms with Crippen molar-refractivity contribution < 1.29 is 14.6 Å². The Balaban J connectivity index is 3.33. The molecule has 3 heteroatoms. The van der Waals surface area contributed by atoms with Crippen LogP contribution in [-0.4, -0.2) is 24.8 Å². The molecule has 0 spiro atoms. The average molecular weight is 252 g/mol. The molecule has 0 fully saturated rings. The highest BCUT2D eigenvalue weighted by Gasteiger charge is 1.97. The van der Waals surface area contributed by atoms with E-state index in [0.29, 0.717) is 6.42 Å². The van der Waals surface area contributed by atoms with Crippen LogP contribution in [0.4, 0.5) is 0 Å². The fourth-order valence-corrected chi connectivity index (χ4v) is 1.37. The van der Waals surface area contributed by atoms with Gasteiger partial charge in [-0.15, -0.1) is 0 Å². The molecule has 0 aliphatic carbocycles. The van der Waals surface area contributed by atoms with Crippen LogP contribution < -0.4 is 0 Å². The molecule has 0 heterocycles. The molecule has 3 nitrogen and oxygen atoms in total. The largest absolute Gasteiger partial charge is 0.469 e. The second-order valence-electron chi connectivity index (χ2n) is 3.89. The maximum absolute atomic E-state index is 10.8. The molecule has 18 heavy (non-hydrogen) atoms. The van der Waals surface area contributed by atoms with Gasteiger partial charge in [0.15, 0.2) is 0 Å². The predicted molar refractivity (Wildman–Crippen MR) is 74.2 cm³/mol. The zero-order valence-corrected chi connectivity index (χ0v) is 11.2. The Kier molecular flexibility index (Phi) is 12.7. The molecule has 0 amide bonds. The molecule has 0 unspecified atom stereocenters. The van der Waals surface area contributed by atoms with Gasteiger partial charge in [0, 0.05) is 6.42 Å². The van der Waals surface area contributed by atoms with E-state index in [1.165, 1.54) is 7.11 Å². The number of aliphatic hydroxyl groups is 1. The van der Waals surface area contributed by atoms with Crippen molar-refractivity contribution in [1.29, 1.82) is 0 Å². The molecule has 0 aromatic carbocycles. The minimum atomic E-state index is -0.127. The van der Waals surface area contributed by atoms with Crippen LogP contribution >= 0.6 is 0 Å². The molecule has 0 aliphatic heterocycles. The van der Waals surface area contributed by atoms with Gasteiger partial charge in [0.25, 0.3) is 0 Å². The molecule has 0 bridgehead atoms. The van der Waals surface area contributed by atoms with Crippen LogP contribution in [0.25, 0.3) is 0 Å². The molecule has 102 valence electrons. The number of ether oxygens (including phenoxy) is 1. The highest BCUT2D eigenvalue weighted by atomic mass is 16.5. The Bertz CT molecular complexity index is 277. The van der Waals surface area contributed by atoms with Gasteiger partial charge in [-0.25, -0.2) is 0 Å². The molecule has 0 atom stereocenters. The summed E-state index contributed by atoms with van der Waals surface area (Å²) in [6.07, 6.45) is 17.4. The fraction of sp³-hybridized carbons (Fsp3) is 0.533. The Morgan fingerprint density at radius 3 is 2.22 bits per heavy atom. The quantitative estimate of drug-likeness (QED) is 0.369. The summed E-state index contributed by atoms with van der Waals surface area (Å²) in [5.41, 5.74) is 0. The van der Waals surface area contributed by atoms with Gasteiger partial charge in [0.2, 0.25) is 0 Å². The fourth-order valence-electron chi connectivity index (χ4n) is 1.37. The van der Waals surface area contributed by atoms with Crippen LogP contribution in [0.15, 0.2) is 36.5 Å². The van der Waals surface area contributed by atoms with Crippen molar-refractivity contribution in [3.05, 3.63) is 36.5 Å². The molecule has 0 aromatic rings. The van der Waals surface area contributed by atoms with E-state index in [4.69, 9.17) is 5.11 Å². The number of unbranched alkanes of at least 4 members (excludes halogenated alkanes) is 2. The first-order valence-corrected chi connectivity index (χ1v) is 6.44. The van der Waals surface area contributed by atoms with Crippen molar-refractivity contribution in [2.45, 2.75) is 38.5 Å². The van der Waals surface area contributed by atoms with Crippen LogP contribution in [0.1, 0.15) is 38.5 Å². The van der Waals surface area contributed by atoms with Crippen molar-refractivity contribution in [2.24, 2.45) is 0 Å². The zero-order valence-electron chi connectivity index (χ0n) is 11.2. The number of aliphatic hydroxyl groups excluding tert-OH is 1. The van der Waals surface area contributed by atoms with E-state index in [2.05, 4.69) is 29.0 Å². The SMILES string of the molecule is COC(=O)CCCC/C=C\C/C=C\C/C=C\CO. The normalized spacial score (nSPS) is 11.9. The zero-order chi connectivity index (χ0) is 13.5. The Labute approximate surface area is 110 Å². The summed E-state index contributed by atoms with van der Waals surface area (Å²) in [5, 5.41) is 8.51. The molecule has 0 rings (SSSR count). The number of carbonyl (C=O) groups excluding carboxylic acids is 1. The molecule has 0 saturated carbocycles. The topological polar surface area (TPSA) is 46.5 Å². The number of carbonyl (C=O) groups is 1. The van der Waals surface area contributed by atoms with Crippen molar-refractivity contribution in [3.63, 3.8) is 0 Å². The van der Waals surface area contributed by atoms with Crippen LogP contribution in [0.5, 0.6) is 0 Å². The molecule has 0 aliphatic rings. The Hall–Kier alpha value is -1.35. The summed E-state index contributed by atoms with van der Waals surface area (Å²) in [7, 11) is 1.42. The number of esters is 1. The second kappa shape index (κ2) is 13.7. The van der Waals surface area contributed by atoms with E-state index in [1.807, 2.05) is 6.08 Å². The van der Waals surface area contributed by atoms with Gasteiger partial charge in [-0.05, 0) is 32.1 Å². The van der Waals surface area contributed by atoms with Crippen molar-refractivity contribution in [2.75, 3.05) is 13.7 Å². The highest BCUT2D eigenvalue weighted by Crippen LogP contribution is 2.02. The van der Waals surface area contributed by atoms with Gasteiger partial charge in [-0.1, -0.05) is 36.5 Å². The average Bonchev–Trinajstić information content (AvgIpc) is 2.39. The predicted octanol–water partition coefficient (Wildman–Crippen LogP) is 3.16. The van der Waals surface area contributed by atoms with Gasteiger partial charge in [0.1, 0.15) is 0 Å².